The highest BCUT2D eigenvalue weighted by atomic mass is 31.2. The third kappa shape index (κ3) is 68.5. The van der Waals surface area contributed by atoms with Gasteiger partial charge in [0.15, 0.2) is 0 Å². The van der Waals surface area contributed by atoms with E-state index in [-0.39, 0.29) is 19.1 Å². The molecule has 0 bridgehead atoms. The summed E-state index contributed by atoms with van der Waals surface area (Å²) in [6.45, 7) is 4.61. The van der Waals surface area contributed by atoms with Gasteiger partial charge >= 0.3 is 0 Å². The Kier molecular flexibility index (Phi) is 63.4. The van der Waals surface area contributed by atoms with Crippen LogP contribution in [0.5, 0.6) is 0 Å². The lowest BCUT2D eigenvalue weighted by Crippen LogP contribution is -2.46. The van der Waals surface area contributed by atoms with Crippen molar-refractivity contribution in [2.75, 3.05) is 40.9 Å². The predicted molar refractivity (Wildman–Crippen MR) is 371 cm³/mol. The fraction of sp³-hybridized carbons (Fsp3) is 0.750. The average molecular weight is 1210 g/mol. The number of hydrogen-bond acceptors (Lipinski definition) is 6. The second kappa shape index (κ2) is 65.6. The summed E-state index contributed by atoms with van der Waals surface area (Å²) in [6.07, 6.45) is 96.0. The Morgan fingerprint density at radius 1 is 0.424 bits per heavy atom. The fourth-order valence-electron chi connectivity index (χ4n) is 10.3. The van der Waals surface area contributed by atoms with Crippen molar-refractivity contribution in [3.63, 3.8) is 0 Å². The van der Waals surface area contributed by atoms with Gasteiger partial charge in [-0.2, -0.15) is 0 Å². The van der Waals surface area contributed by atoms with Gasteiger partial charge in [0.05, 0.1) is 39.9 Å². The van der Waals surface area contributed by atoms with Crippen LogP contribution in [0.4, 0.5) is 0 Å². The quantitative estimate of drug-likeness (QED) is 0.0272. The molecule has 0 saturated carbocycles. The molecule has 0 aromatic carbocycles. The summed E-state index contributed by atoms with van der Waals surface area (Å²) in [5.74, 6) is -0.197. The van der Waals surface area contributed by atoms with Crippen molar-refractivity contribution < 1.29 is 32.9 Å². The maximum atomic E-state index is 13.0. The lowest BCUT2D eigenvalue weighted by atomic mass is 10.0. The molecule has 3 unspecified atom stereocenters. The van der Waals surface area contributed by atoms with Gasteiger partial charge in [-0.15, -0.1) is 0 Å². The number of aliphatic hydroxyl groups is 1. The van der Waals surface area contributed by atoms with Crippen LogP contribution in [0.2, 0.25) is 0 Å². The van der Waals surface area contributed by atoms with Crippen LogP contribution in [-0.4, -0.2) is 68.5 Å². The van der Waals surface area contributed by atoms with E-state index in [9.17, 15) is 19.4 Å². The van der Waals surface area contributed by atoms with Gasteiger partial charge in [0.25, 0.3) is 7.82 Å². The Balaban J connectivity index is 4.13. The van der Waals surface area contributed by atoms with E-state index in [0.29, 0.717) is 23.9 Å². The topological polar surface area (TPSA) is 108 Å². The number of nitrogens with zero attached hydrogens (tertiary/aromatic N) is 1. The van der Waals surface area contributed by atoms with Gasteiger partial charge in [-0.3, -0.25) is 9.36 Å². The molecule has 2 N–H and O–H groups in total. The number of rotatable bonds is 65. The summed E-state index contributed by atoms with van der Waals surface area (Å²) in [5, 5.41) is 14.1. The average Bonchev–Trinajstić information content (AvgIpc) is 3.49. The minimum atomic E-state index is -4.60. The van der Waals surface area contributed by atoms with Gasteiger partial charge < -0.3 is 28.8 Å². The molecule has 0 fully saturated rings. The third-order valence-corrected chi connectivity index (χ3v) is 16.7. The van der Waals surface area contributed by atoms with E-state index in [0.717, 1.165) is 103 Å². The number of nitrogens with one attached hydrogen (secondary N) is 1. The van der Waals surface area contributed by atoms with Gasteiger partial charge in [-0.05, 0) is 83.5 Å². The first-order chi connectivity index (χ1) is 41.5. The van der Waals surface area contributed by atoms with Gasteiger partial charge in [-0.1, -0.05) is 335 Å². The first-order valence-corrected chi connectivity index (χ1v) is 37.2. The van der Waals surface area contributed by atoms with Crippen molar-refractivity contribution in [2.45, 2.75) is 328 Å². The zero-order valence-electron chi connectivity index (χ0n) is 56.3. The lowest BCUT2D eigenvalue weighted by molar-refractivity contribution is -0.870. The van der Waals surface area contributed by atoms with Crippen LogP contribution < -0.4 is 10.2 Å². The summed E-state index contributed by atoms with van der Waals surface area (Å²) >= 11 is 0. The first kappa shape index (κ1) is 82.2. The summed E-state index contributed by atoms with van der Waals surface area (Å²) in [6, 6.07) is -0.829. The van der Waals surface area contributed by atoms with Gasteiger partial charge in [0.1, 0.15) is 13.2 Å². The van der Waals surface area contributed by atoms with Gasteiger partial charge in [0.2, 0.25) is 5.91 Å². The molecule has 492 valence electrons. The van der Waals surface area contributed by atoms with Crippen molar-refractivity contribution in [1.29, 1.82) is 0 Å². The Labute approximate surface area is 527 Å². The Bertz CT molecular complexity index is 1760. The SMILES string of the molecule is CC/C=C\C/C=C\C/C=C\C/C=C\C/C=C\C/C=C\C/C=C\C/C=C\C/C=C\CCCCCC(=O)NC(COP(=O)([O-])OCC[N+](C)(C)C)C(O)CCCCCCCCCCCCCCCCCCCCCCCCCCCCCCCCCC. The van der Waals surface area contributed by atoms with Crippen LogP contribution in [-0.2, 0) is 18.4 Å². The molecule has 0 saturated heterocycles. The monoisotopic (exact) mass is 1210 g/mol. The number of quaternary nitrogens is 1. The molecule has 1 amide bonds. The molecule has 8 nitrogen and oxygen atoms in total. The second-order valence-electron chi connectivity index (χ2n) is 25.2. The number of aliphatic hydroxyl groups excluding tert-OH is 1. The molecule has 0 radical (unpaired) electrons. The van der Waals surface area contributed by atoms with E-state index in [1.807, 2.05) is 21.1 Å². The van der Waals surface area contributed by atoms with E-state index in [4.69, 9.17) is 9.05 Å². The highest BCUT2D eigenvalue weighted by molar-refractivity contribution is 7.45. The van der Waals surface area contributed by atoms with Gasteiger partial charge in [-0.25, -0.2) is 0 Å². The first-order valence-electron chi connectivity index (χ1n) is 35.7. The summed E-state index contributed by atoms with van der Waals surface area (Å²) in [4.78, 5) is 25.7. The predicted octanol–water partition coefficient (Wildman–Crippen LogP) is 22.4. The smallest absolute Gasteiger partial charge is 0.268 e. The molecular weight excluding hydrogens is 1070 g/mol. The number of likely N-dealkylation sites (N-methyl/N-ethyl adjacent to an activating group) is 1. The van der Waals surface area contributed by atoms with E-state index in [1.54, 1.807) is 0 Å². The minimum Gasteiger partial charge on any atom is -0.756 e. The van der Waals surface area contributed by atoms with E-state index >= 15 is 0 Å². The van der Waals surface area contributed by atoms with E-state index in [1.165, 1.54) is 186 Å². The van der Waals surface area contributed by atoms with Crippen LogP contribution in [0, 0.1) is 0 Å². The lowest BCUT2D eigenvalue weighted by Gasteiger charge is -2.30. The number of carbonyl (C=O) groups excluding carboxylic acids is 1. The summed E-state index contributed by atoms with van der Waals surface area (Å²) in [7, 11) is 1.27. The highest BCUT2D eigenvalue weighted by Crippen LogP contribution is 2.38. The molecule has 85 heavy (non-hydrogen) atoms. The number of phosphoric acid groups is 1. The van der Waals surface area contributed by atoms with Crippen molar-refractivity contribution >= 4 is 13.7 Å². The number of unbranched alkanes of at least 4 members (excludes halogenated alkanes) is 34. The highest BCUT2D eigenvalue weighted by Gasteiger charge is 2.24. The summed E-state index contributed by atoms with van der Waals surface area (Å²) < 4.78 is 23.5. The van der Waals surface area contributed by atoms with Crippen LogP contribution in [0.3, 0.4) is 0 Å². The standard InChI is InChI=1S/C76H137N2O6P/c1-6-8-10-12-14-16-18-20-22-24-26-28-30-32-34-36-38-40-41-43-45-47-49-51-53-55-57-59-61-63-65-67-69-75(79)74(73-84-85(81,82)83-72-71-78(3,4)5)77-76(80)70-68-66-64-62-60-58-56-54-52-50-48-46-44-42-39-37-35-33-31-29-27-25-23-21-19-17-15-13-11-9-7-2/h9,11,15,17,21,23,27,29,33,35,39,42,46,48,52,54,58,60,74-75,79H,6-8,10,12-14,16,18-20,22,24-26,28,30-32,34,36-38,40-41,43-45,47,49-51,53,55-57,59,61-73H2,1-5H3,(H-,77,80,81,82)/b11-9-,17-15-,23-21-,29-27-,35-33-,42-39-,48-46-,54-52-,60-58-. The van der Waals surface area contributed by atoms with Crippen LogP contribution in [0.15, 0.2) is 109 Å². The largest absolute Gasteiger partial charge is 0.756 e. The Morgan fingerprint density at radius 2 is 0.718 bits per heavy atom. The van der Waals surface area contributed by atoms with Crippen LogP contribution >= 0.6 is 7.82 Å². The summed E-state index contributed by atoms with van der Waals surface area (Å²) in [5.41, 5.74) is 0. The van der Waals surface area contributed by atoms with Crippen LogP contribution in [0.25, 0.3) is 0 Å². The number of allylic oxidation sites excluding steroid dienone is 18. The number of hydrogen-bond donors (Lipinski definition) is 2. The fourth-order valence-corrected chi connectivity index (χ4v) is 11.0. The molecule has 9 heteroatoms. The van der Waals surface area contributed by atoms with Crippen LogP contribution in [0.1, 0.15) is 316 Å². The number of carbonyl (C=O) groups is 1. The maximum Gasteiger partial charge on any atom is 0.268 e. The Morgan fingerprint density at radius 3 is 1.04 bits per heavy atom. The molecule has 3 atom stereocenters. The van der Waals surface area contributed by atoms with E-state index < -0.39 is 20.0 Å². The molecule has 0 aromatic rings. The molecule has 0 aliphatic carbocycles. The zero-order valence-corrected chi connectivity index (χ0v) is 57.2. The molecule has 0 heterocycles. The van der Waals surface area contributed by atoms with Crippen molar-refractivity contribution in [2.24, 2.45) is 0 Å². The van der Waals surface area contributed by atoms with Crippen molar-refractivity contribution in [3.05, 3.63) is 109 Å². The number of amides is 1. The normalized spacial score (nSPS) is 14.3. The number of phosphoric ester groups is 1. The molecule has 0 aliphatic heterocycles. The molecule has 0 rings (SSSR count). The Hall–Kier alpha value is -2.84. The second-order valence-corrected chi connectivity index (χ2v) is 26.6. The maximum absolute atomic E-state index is 13.0. The molecule has 0 spiro atoms. The van der Waals surface area contributed by atoms with Gasteiger partial charge in [0, 0.05) is 6.42 Å². The third-order valence-electron chi connectivity index (χ3n) is 15.8. The molecule has 0 aliphatic rings. The minimum absolute atomic E-state index is 0.000115. The zero-order chi connectivity index (χ0) is 61.9. The molecule has 0 aromatic heterocycles. The van der Waals surface area contributed by atoms with Crippen molar-refractivity contribution in [1.82, 2.24) is 5.32 Å². The van der Waals surface area contributed by atoms with Crippen molar-refractivity contribution in [3.8, 4) is 0 Å². The van der Waals surface area contributed by atoms with E-state index in [2.05, 4.69) is 129 Å². The molecular formula is C76H137N2O6P.